The first-order valence-corrected chi connectivity index (χ1v) is 5.79. The zero-order chi connectivity index (χ0) is 11.3. The van der Waals surface area contributed by atoms with Crippen LogP contribution in [0.1, 0.15) is 13.3 Å². The fourth-order valence-corrected chi connectivity index (χ4v) is 1.97. The lowest BCUT2D eigenvalue weighted by atomic mass is 10.3. The van der Waals surface area contributed by atoms with Crippen molar-refractivity contribution in [3.63, 3.8) is 0 Å². The number of thioether (sulfide) groups is 1. The summed E-state index contributed by atoms with van der Waals surface area (Å²) in [6, 6.07) is 1.89. The Hall–Kier alpha value is -0.810. The highest BCUT2D eigenvalue weighted by molar-refractivity contribution is 7.99. The molecule has 1 unspecified atom stereocenters. The third kappa shape index (κ3) is 4.05. The number of aromatic nitrogens is 2. The number of rotatable bonds is 5. The minimum atomic E-state index is 0.222. The number of hydrogen-bond donors (Lipinski definition) is 1. The molecule has 15 heavy (non-hydrogen) atoms. The quantitative estimate of drug-likeness (QED) is 0.609. The van der Waals surface area contributed by atoms with Crippen molar-refractivity contribution in [1.82, 2.24) is 9.97 Å². The van der Waals surface area contributed by atoms with Crippen LogP contribution in [0.3, 0.4) is 0 Å². The van der Waals surface area contributed by atoms with Gasteiger partial charge in [0, 0.05) is 32.1 Å². The summed E-state index contributed by atoms with van der Waals surface area (Å²) in [6.45, 7) is 2.30. The molecule has 4 nitrogen and oxygen atoms in total. The van der Waals surface area contributed by atoms with Crippen LogP contribution < -0.4 is 4.90 Å². The van der Waals surface area contributed by atoms with Gasteiger partial charge in [0.05, 0.1) is 0 Å². The van der Waals surface area contributed by atoms with Crippen LogP contribution in [-0.2, 0) is 0 Å². The molecule has 0 radical (unpaired) electrons. The lowest BCUT2D eigenvalue weighted by Gasteiger charge is -2.12. The van der Waals surface area contributed by atoms with Crippen molar-refractivity contribution in [2.45, 2.75) is 23.6 Å². The van der Waals surface area contributed by atoms with Crippen molar-refractivity contribution in [1.29, 1.82) is 0 Å². The number of aliphatic hydroxyl groups is 1. The van der Waals surface area contributed by atoms with Crippen LogP contribution in [0.15, 0.2) is 17.3 Å². The van der Waals surface area contributed by atoms with Gasteiger partial charge in [0.1, 0.15) is 5.03 Å². The van der Waals surface area contributed by atoms with Gasteiger partial charge in [-0.05, 0) is 12.5 Å². The number of anilines is 1. The Labute approximate surface area is 94.7 Å². The number of nitrogens with zero attached hydrogens (tertiary/aromatic N) is 3. The van der Waals surface area contributed by atoms with Gasteiger partial charge in [-0.3, -0.25) is 0 Å². The fourth-order valence-electron chi connectivity index (χ4n) is 1.06. The van der Waals surface area contributed by atoms with Crippen LogP contribution in [0.2, 0.25) is 0 Å². The smallest absolute Gasteiger partial charge is 0.225 e. The van der Waals surface area contributed by atoms with Crippen LogP contribution in [0.5, 0.6) is 0 Å². The van der Waals surface area contributed by atoms with E-state index in [9.17, 15) is 0 Å². The molecule has 0 bridgehead atoms. The van der Waals surface area contributed by atoms with Crippen molar-refractivity contribution >= 4 is 17.7 Å². The number of hydrogen-bond acceptors (Lipinski definition) is 5. The molecular weight excluding hydrogens is 210 g/mol. The fraction of sp³-hybridized carbons (Fsp3) is 0.600. The maximum absolute atomic E-state index is 8.80. The molecule has 1 N–H and O–H groups in total. The minimum Gasteiger partial charge on any atom is -0.396 e. The Kier molecular flexibility index (Phi) is 4.84. The summed E-state index contributed by atoms with van der Waals surface area (Å²) in [6.07, 6.45) is 2.54. The number of aliphatic hydroxyl groups excluding tert-OH is 1. The molecule has 5 heteroatoms. The Morgan fingerprint density at radius 2 is 2.27 bits per heavy atom. The van der Waals surface area contributed by atoms with E-state index < -0.39 is 0 Å². The van der Waals surface area contributed by atoms with E-state index in [0.717, 1.165) is 17.4 Å². The molecular formula is C10H17N3OS. The van der Waals surface area contributed by atoms with Gasteiger partial charge >= 0.3 is 0 Å². The minimum absolute atomic E-state index is 0.222. The second kappa shape index (κ2) is 5.92. The summed E-state index contributed by atoms with van der Waals surface area (Å²) < 4.78 is 0. The third-order valence-electron chi connectivity index (χ3n) is 1.87. The van der Waals surface area contributed by atoms with E-state index in [0.29, 0.717) is 5.25 Å². The molecule has 0 saturated heterocycles. The summed E-state index contributed by atoms with van der Waals surface area (Å²) >= 11 is 1.66. The lowest BCUT2D eigenvalue weighted by Crippen LogP contribution is -2.12. The van der Waals surface area contributed by atoms with E-state index in [1.54, 1.807) is 18.0 Å². The van der Waals surface area contributed by atoms with Crippen LogP contribution in [0, 0.1) is 0 Å². The van der Waals surface area contributed by atoms with Crippen molar-refractivity contribution in [3.05, 3.63) is 12.3 Å². The van der Waals surface area contributed by atoms with Crippen molar-refractivity contribution in [2.24, 2.45) is 0 Å². The molecule has 0 aliphatic rings. The molecule has 84 valence electrons. The van der Waals surface area contributed by atoms with E-state index in [4.69, 9.17) is 5.11 Å². The highest BCUT2D eigenvalue weighted by Gasteiger charge is 2.06. The van der Waals surface area contributed by atoms with E-state index in [2.05, 4.69) is 16.9 Å². The van der Waals surface area contributed by atoms with Gasteiger partial charge in [0.15, 0.2) is 0 Å². The Morgan fingerprint density at radius 3 is 2.87 bits per heavy atom. The van der Waals surface area contributed by atoms with Gasteiger partial charge in [0.25, 0.3) is 0 Å². The highest BCUT2D eigenvalue weighted by atomic mass is 32.2. The van der Waals surface area contributed by atoms with Gasteiger partial charge in [-0.1, -0.05) is 6.92 Å². The molecule has 1 rings (SSSR count). The molecule has 0 amide bonds. The van der Waals surface area contributed by atoms with Gasteiger partial charge in [-0.15, -0.1) is 11.8 Å². The monoisotopic (exact) mass is 227 g/mol. The predicted molar refractivity (Wildman–Crippen MR) is 63.4 cm³/mol. The van der Waals surface area contributed by atoms with E-state index in [1.165, 1.54) is 0 Å². The Balaban J connectivity index is 2.65. The summed E-state index contributed by atoms with van der Waals surface area (Å²) in [5.74, 6) is 0.719. The first kappa shape index (κ1) is 12.3. The maximum atomic E-state index is 8.80. The molecule has 1 heterocycles. The largest absolute Gasteiger partial charge is 0.396 e. The van der Waals surface area contributed by atoms with Crippen LogP contribution in [0.25, 0.3) is 0 Å². The first-order valence-electron chi connectivity index (χ1n) is 4.91. The first-order chi connectivity index (χ1) is 7.13. The van der Waals surface area contributed by atoms with E-state index >= 15 is 0 Å². The van der Waals surface area contributed by atoms with Crippen LogP contribution in [-0.4, -0.2) is 41.0 Å². The Morgan fingerprint density at radius 1 is 1.53 bits per heavy atom. The topological polar surface area (TPSA) is 49.3 Å². The molecule has 0 fully saturated rings. The molecule has 0 spiro atoms. The lowest BCUT2D eigenvalue weighted by molar-refractivity contribution is 0.289. The van der Waals surface area contributed by atoms with Crippen molar-refractivity contribution < 1.29 is 5.11 Å². The van der Waals surface area contributed by atoms with E-state index in [-0.39, 0.29) is 6.61 Å². The van der Waals surface area contributed by atoms with Crippen molar-refractivity contribution in [2.75, 3.05) is 25.6 Å². The SMILES string of the molecule is CC(CCO)Sc1ccnc(N(C)C)n1. The van der Waals surface area contributed by atoms with Crippen molar-refractivity contribution in [3.8, 4) is 0 Å². The molecule has 1 aromatic rings. The average molecular weight is 227 g/mol. The van der Waals surface area contributed by atoms with Gasteiger partial charge in [-0.25, -0.2) is 9.97 Å². The second-order valence-electron chi connectivity index (χ2n) is 3.53. The van der Waals surface area contributed by atoms with Gasteiger partial charge < -0.3 is 10.0 Å². The average Bonchev–Trinajstić information content (AvgIpc) is 2.18. The summed E-state index contributed by atoms with van der Waals surface area (Å²) in [4.78, 5) is 10.4. The van der Waals surface area contributed by atoms with Crippen LogP contribution in [0.4, 0.5) is 5.95 Å². The zero-order valence-electron chi connectivity index (χ0n) is 9.34. The normalized spacial score (nSPS) is 12.5. The molecule has 0 saturated carbocycles. The summed E-state index contributed by atoms with van der Waals surface area (Å²) in [7, 11) is 3.84. The highest BCUT2D eigenvalue weighted by Crippen LogP contribution is 2.23. The van der Waals surface area contributed by atoms with Crippen LogP contribution >= 0.6 is 11.8 Å². The molecule has 1 aromatic heterocycles. The van der Waals surface area contributed by atoms with E-state index in [1.807, 2.05) is 25.1 Å². The Bertz CT molecular complexity index is 306. The maximum Gasteiger partial charge on any atom is 0.225 e. The zero-order valence-corrected chi connectivity index (χ0v) is 10.2. The summed E-state index contributed by atoms with van der Waals surface area (Å²) in [5, 5.41) is 10.1. The standard InChI is InChI=1S/C10H17N3OS/c1-8(5-7-14)15-9-4-6-11-10(12-9)13(2)3/h4,6,8,14H,5,7H2,1-3H3. The molecule has 0 aliphatic heterocycles. The molecule has 0 aromatic carbocycles. The summed E-state index contributed by atoms with van der Waals surface area (Å²) in [5.41, 5.74) is 0. The molecule has 1 atom stereocenters. The molecule has 0 aliphatic carbocycles. The van der Waals surface area contributed by atoms with Gasteiger partial charge in [-0.2, -0.15) is 0 Å². The van der Waals surface area contributed by atoms with Gasteiger partial charge in [0.2, 0.25) is 5.95 Å². The third-order valence-corrected chi connectivity index (χ3v) is 2.98. The second-order valence-corrected chi connectivity index (χ2v) is 4.99. The predicted octanol–water partition coefficient (Wildman–Crippen LogP) is 1.41.